The SMILES string of the molecule is C=CCOC(=O)NC(C)c1c(C2=NCN(C(=NC#N)Oc3ccccc3)N2)ccc(Cl)c1Cl. The van der Waals surface area contributed by atoms with E-state index in [0.717, 1.165) is 0 Å². The number of carbonyl (C=O) groups is 1. The molecule has 9 nitrogen and oxygen atoms in total. The van der Waals surface area contributed by atoms with Gasteiger partial charge in [-0.25, -0.2) is 14.8 Å². The third-order valence-electron chi connectivity index (χ3n) is 4.43. The number of amides is 1. The number of hydrogen-bond acceptors (Lipinski definition) is 7. The first-order valence-electron chi connectivity index (χ1n) is 9.75. The number of ether oxygens (including phenoxy) is 2. The summed E-state index contributed by atoms with van der Waals surface area (Å²) >= 11 is 12.7. The summed E-state index contributed by atoms with van der Waals surface area (Å²) in [6.07, 6.45) is 2.56. The average Bonchev–Trinajstić information content (AvgIpc) is 3.29. The van der Waals surface area contributed by atoms with Crippen LogP contribution in [0.4, 0.5) is 4.79 Å². The lowest BCUT2D eigenvalue weighted by atomic mass is 10.0. The number of nitrogens with zero attached hydrogens (tertiary/aromatic N) is 4. The van der Waals surface area contributed by atoms with Gasteiger partial charge in [0, 0.05) is 11.1 Å². The molecule has 0 aliphatic carbocycles. The number of alkyl carbamates (subject to hydrolysis) is 1. The van der Waals surface area contributed by atoms with Crippen LogP contribution in [-0.4, -0.2) is 36.2 Å². The summed E-state index contributed by atoms with van der Waals surface area (Å²) in [6.45, 7) is 5.44. The van der Waals surface area contributed by atoms with Crippen LogP contribution < -0.4 is 15.5 Å². The number of hydrazine groups is 1. The van der Waals surface area contributed by atoms with E-state index in [1.807, 2.05) is 6.07 Å². The Labute approximate surface area is 200 Å². The van der Waals surface area contributed by atoms with Gasteiger partial charge >= 0.3 is 12.1 Å². The lowest BCUT2D eigenvalue weighted by Gasteiger charge is -2.22. The number of aliphatic imine (C=N–C) groups is 2. The van der Waals surface area contributed by atoms with E-state index < -0.39 is 12.1 Å². The molecule has 1 atom stereocenters. The number of nitriles is 1. The zero-order chi connectivity index (χ0) is 23.8. The van der Waals surface area contributed by atoms with E-state index >= 15 is 0 Å². The molecular weight excluding hydrogens is 467 g/mol. The molecule has 0 saturated heterocycles. The van der Waals surface area contributed by atoms with E-state index in [2.05, 4.69) is 27.3 Å². The second-order valence-electron chi connectivity index (χ2n) is 6.67. The Morgan fingerprint density at radius 3 is 2.85 bits per heavy atom. The summed E-state index contributed by atoms with van der Waals surface area (Å²) in [5, 5.41) is 13.8. The number of para-hydroxylation sites is 1. The van der Waals surface area contributed by atoms with Crippen molar-refractivity contribution in [2.75, 3.05) is 13.3 Å². The Hall–Kier alpha value is -3.74. The minimum Gasteiger partial charge on any atom is -0.445 e. The number of carbonyl (C=O) groups excluding carboxylic acids is 1. The fourth-order valence-electron chi connectivity index (χ4n) is 2.99. The molecule has 1 amide bonds. The lowest BCUT2D eigenvalue weighted by molar-refractivity contribution is 0.155. The van der Waals surface area contributed by atoms with E-state index in [1.165, 1.54) is 11.1 Å². The van der Waals surface area contributed by atoms with Crippen molar-refractivity contribution in [3.8, 4) is 11.9 Å². The van der Waals surface area contributed by atoms with Crippen molar-refractivity contribution in [2.24, 2.45) is 9.98 Å². The molecule has 0 fully saturated rings. The van der Waals surface area contributed by atoms with Crippen LogP contribution in [0.2, 0.25) is 10.0 Å². The zero-order valence-corrected chi connectivity index (χ0v) is 19.1. The molecule has 0 aromatic heterocycles. The summed E-state index contributed by atoms with van der Waals surface area (Å²) < 4.78 is 10.7. The maximum atomic E-state index is 12.0. The number of amidine groups is 2. The van der Waals surface area contributed by atoms with Crippen LogP contribution in [0, 0.1) is 11.5 Å². The van der Waals surface area contributed by atoms with Crippen molar-refractivity contribution in [1.29, 1.82) is 5.26 Å². The number of hydrogen-bond donors (Lipinski definition) is 2. The third-order valence-corrected chi connectivity index (χ3v) is 5.25. The summed E-state index contributed by atoms with van der Waals surface area (Å²) in [5.41, 5.74) is 4.19. The molecule has 2 aromatic rings. The van der Waals surface area contributed by atoms with Crippen LogP contribution >= 0.6 is 23.2 Å². The van der Waals surface area contributed by atoms with Gasteiger partial charge in [0.25, 0.3) is 0 Å². The molecule has 0 spiro atoms. The minimum atomic E-state index is -0.632. The number of benzene rings is 2. The highest BCUT2D eigenvalue weighted by molar-refractivity contribution is 6.42. The Kier molecular flexibility index (Phi) is 8.13. The van der Waals surface area contributed by atoms with E-state index in [4.69, 9.17) is 37.9 Å². The molecule has 1 aliphatic rings. The van der Waals surface area contributed by atoms with E-state index in [0.29, 0.717) is 27.7 Å². The molecule has 11 heteroatoms. The molecule has 1 aliphatic heterocycles. The van der Waals surface area contributed by atoms with E-state index in [1.54, 1.807) is 49.5 Å². The quantitative estimate of drug-likeness (QED) is 0.270. The monoisotopic (exact) mass is 486 g/mol. The van der Waals surface area contributed by atoms with Gasteiger partial charge < -0.3 is 14.8 Å². The van der Waals surface area contributed by atoms with Crippen LogP contribution in [-0.2, 0) is 4.74 Å². The molecule has 2 N–H and O–H groups in total. The first-order valence-corrected chi connectivity index (χ1v) is 10.5. The summed E-state index contributed by atoms with van der Waals surface area (Å²) in [4.78, 5) is 20.3. The predicted octanol–water partition coefficient (Wildman–Crippen LogP) is 4.41. The molecule has 1 unspecified atom stereocenters. The highest BCUT2D eigenvalue weighted by Crippen LogP contribution is 2.33. The van der Waals surface area contributed by atoms with E-state index in [-0.39, 0.29) is 24.3 Å². The molecule has 1 heterocycles. The summed E-state index contributed by atoms with van der Waals surface area (Å²) in [7, 11) is 0. The van der Waals surface area contributed by atoms with Crippen LogP contribution in [0.15, 0.2) is 65.1 Å². The van der Waals surface area contributed by atoms with Gasteiger partial charge in [-0.1, -0.05) is 54.1 Å². The first-order chi connectivity index (χ1) is 15.9. The van der Waals surface area contributed by atoms with Gasteiger partial charge in [0.1, 0.15) is 24.9 Å². The highest BCUT2D eigenvalue weighted by Gasteiger charge is 2.27. The summed E-state index contributed by atoms with van der Waals surface area (Å²) in [5.74, 6) is 0.937. The molecule has 0 saturated carbocycles. The molecule has 2 aromatic carbocycles. The van der Waals surface area contributed by atoms with Gasteiger partial charge in [-0.15, -0.1) is 4.99 Å². The van der Waals surface area contributed by atoms with Gasteiger partial charge in [-0.05, 0) is 31.2 Å². The third kappa shape index (κ3) is 5.94. The smallest absolute Gasteiger partial charge is 0.407 e. The molecule has 33 heavy (non-hydrogen) atoms. The summed E-state index contributed by atoms with van der Waals surface area (Å²) in [6, 6.07) is 11.7. The van der Waals surface area contributed by atoms with Gasteiger partial charge in [-0.2, -0.15) is 5.26 Å². The average molecular weight is 487 g/mol. The molecule has 3 rings (SSSR count). The largest absolute Gasteiger partial charge is 0.445 e. The second kappa shape index (κ2) is 11.2. The first kappa shape index (κ1) is 23.9. The van der Waals surface area contributed by atoms with Crippen molar-refractivity contribution >= 4 is 41.2 Å². The number of halogens is 2. The van der Waals surface area contributed by atoms with Crippen LogP contribution in [0.3, 0.4) is 0 Å². The van der Waals surface area contributed by atoms with Gasteiger partial charge in [-0.3, -0.25) is 5.43 Å². The molecule has 0 radical (unpaired) electrons. The second-order valence-corrected chi connectivity index (χ2v) is 7.46. The Morgan fingerprint density at radius 1 is 1.39 bits per heavy atom. The minimum absolute atomic E-state index is 0.0169. The van der Waals surface area contributed by atoms with Crippen LogP contribution in [0.5, 0.6) is 5.75 Å². The topological polar surface area (TPSA) is 111 Å². The highest BCUT2D eigenvalue weighted by atomic mass is 35.5. The van der Waals surface area contributed by atoms with Crippen molar-refractivity contribution in [2.45, 2.75) is 13.0 Å². The van der Waals surface area contributed by atoms with Gasteiger partial charge in [0.15, 0.2) is 0 Å². The van der Waals surface area contributed by atoms with Crippen molar-refractivity contribution in [1.82, 2.24) is 15.8 Å². The van der Waals surface area contributed by atoms with Gasteiger partial charge in [0.05, 0.1) is 16.1 Å². The fraction of sp³-hybridized carbons (Fsp3) is 0.182. The Bertz CT molecular complexity index is 1130. The maximum absolute atomic E-state index is 12.0. The van der Waals surface area contributed by atoms with Crippen LogP contribution in [0.25, 0.3) is 0 Å². The number of nitrogens with one attached hydrogen (secondary N) is 2. The standard InChI is InChI=1S/C22H20Cl2N6O3/c1-3-11-32-22(31)28-14(2)18-16(9-10-17(23)19(18)24)20-27-13-30(29-20)21(26-12-25)33-15-7-5-4-6-8-15/h3-10,14H,1,11,13H2,2H3,(H,27,29)(H,28,31). The van der Waals surface area contributed by atoms with Gasteiger partial charge in [0.2, 0.25) is 6.19 Å². The lowest BCUT2D eigenvalue weighted by Crippen LogP contribution is -2.44. The van der Waals surface area contributed by atoms with Crippen molar-refractivity contribution in [3.05, 3.63) is 76.3 Å². The van der Waals surface area contributed by atoms with Crippen LogP contribution in [0.1, 0.15) is 24.1 Å². The van der Waals surface area contributed by atoms with E-state index in [9.17, 15) is 4.79 Å². The number of rotatable bonds is 6. The van der Waals surface area contributed by atoms with Crippen molar-refractivity contribution in [3.63, 3.8) is 0 Å². The Balaban J connectivity index is 1.83. The Morgan fingerprint density at radius 2 is 2.15 bits per heavy atom. The molecular formula is C22H20Cl2N6O3. The fourth-order valence-corrected chi connectivity index (χ4v) is 3.48. The molecule has 0 bridgehead atoms. The zero-order valence-electron chi connectivity index (χ0n) is 17.6. The maximum Gasteiger partial charge on any atom is 0.407 e. The van der Waals surface area contributed by atoms with Crippen molar-refractivity contribution < 1.29 is 14.3 Å². The normalized spacial score (nSPS) is 13.9. The predicted molar refractivity (Wildman–Crippen MR) is 126 cm³/mol. The molecule has 170 valence electrons.